The Bertz CT molecular complexity index is 647. The number of hydrogen-bond donors (Lipinski definition) is 0. The highest BCUT2D eigenvalue weighted by Gasteiger charge is 2.16. The van der Waals surface area contributed by atoms with Gasteiger partial charge >= 0.3 is 0 Å². The molecule has 0 aliphatic heterocycles. The van der Waals surface area contributed by atoms with Crippen LogP contribution in [-0.2, 0) is 6.54 Å². The lowest BCUT2D eigenvalue weighted by molar-refractivity contribution is -0.384. The van der Waals surface area contributed by atoms with Crippen molar-refractivity contribution in [3.63, 3.8) is 0 Å². The lowest BCUT2D eigenvalue weighted by Crippen LogP contribution is -2.28. The maximum atomic E-state index is 11.0. The fourth-order valence-electron chi connectivity index (χ4n) is 2.22. The Hall–Kier alpha value is -1.95. The van der Waals surface area contributed by atoms with Gasteiger partial charge in [0.2, 0.25) is 0 Å². The highest BCUT2D eigenvalue weighted by molar-refractivity contribution is 9.10. The van der Waals surface area contributed by atoms with Crippen molar-refractivity contribution in [3.8, 4) is 0 Å². The number of aromatic nitrogens is 1. The molecule has 0 N–H and O–H groups in total. The second-order valence-electron chi connectivity index (χ2n) is 5.52. The molecular formula is C16H18BrN3O2. The largest absolute Gasteiger partial charge is 0.352 e. The molecule has 0 atom stereocenters. The number of rotatable bonds is 6. The van der Waals surface area contributed by atoms with Crippen molar-refractivity contribution in [1.82, 2.24) is 4.98 Å². The van der Waals surface area contributed by atoms with Crippen molar-refractivity contribution in [1.29, 1.82) is 0 Å². The van der Waals surface area contributed by atoms with Crippen LogP contribution in [0.1, 0.15) is 19.4 Å². The fraction of sp³-hybridized carbons (Fsp3) is 0.312. The van der Waals surface area contributed by atoms with E-state index in [0.29, 0.717) is 22.9 Å². The van der Waals surface area contributed by atoms with E-state index in [2.05, 4.69) is 39.7 Å². The maximum absolute atomic E-state index is 11.0. The highest BCUT2D eigenvalue weighted by atomic mass is 79.9. The summed E-state index contributed by atoms with van der Waals surface area (Å²) in [7, 11) is 0. The van der Waals surface area contributed by atoms with Crippen LogP contribution in [0.5, 0.6) is 0 Å². The van der Waals surface area contributed by atoms with Gasteiger partial charge in [-0.1, -0.05) is 44.2 Å². The van der Waals surface area contributed by atoms with E-state index in [1.807, 2.05) is 30.3 Å². The zero-order chi connectivity index (χ0) is 16.1. The van der Waals surface area contributed by atoms with Crippen LogP contribution in [0.3, 0.4) is 0 Å². The second kappa shape index (κ2) is 7.35. The summed E-state index contributed by atoms with van der Waals surface area (Å²) in [6, 6.07) is 13.0. The van der Waals surface area contributed by atoms with Crippen molar-refractivity contribution in [2.24, 2.45) is 5.92 Å². The van der Waals surface area contributed by atoms with Gasteiger partial charge in [-0.05, 0) is 27.4 Å². The molecule has 2 aromatic rings. The Kier molecular flexibility index (Phi) is 5.49. The third-order valence-electron chi connectivity index (χ3n) is 3.10. The van der Waals surface area contributed by atoms with Crippen LogP contribution in [0.15, 0.2) is 47.1 Å². The third-order valence-corrected chi connectivity index (χ3v) is 3.51. The van der Waals surface area contributed by atoms with Crippen molar-refractivity contribution >= 4 is 27.4 Å². The quantitative estimate of drug-likeness (QED) is 0.433. The van der Waals surface area contributed by atoms with Gasteiger partial charge in [0.05, 0.1) is 11.0 Å². The minimum Gasteiger partial charge on any atom is -0.352 e. The molecule has 0 saturated carbocycles. The van der Waals surface area contributed by atoms with E-state index in [0.717, 1.165) is 12.1 Å². The average Bonchev–Trinajstić information content (AvgIpc) is 2.46. The van der Waals surface area contributed by atoms with E-state index >= 15 is 0 Å². The summed E-state index contributed by atoms with van der Waals surface area (Å²) in [6.45, 7) is 5.67. The summed E-state index contributed by atoms with van der Waals surface area (Å²) in [5, 5.41) is 11.0. The third kappa shape index (κ3) is 4.53. The van der Waals surface area contributed by atoms with Gasteiger partial charge in [0, 0.05) is 19.2 Å². The van der Waals surface area contributed by atoms with Crippen LogP contribution < -0.4 is 4.90 Å². The number of pyridine rings is 1. The average molecular weight is 364 g/mol. The number of benzene rings is 1. The summed E-state index contributed by atoms with van der Waals surface area (Å²) in [5.74, 6) is 1.03. The molecule has 0 fully saturated rings. The van der Waals surface area contributed by atoms with Crippen LogP contribution in [-0.4, -0.2) is 16.5 Å². The molecule has 6 heteroatoms. The topological polar surface area (TPSA) is 59.3 Å². The summed E-state index contributed by atoms with van der Waals surface area (Å²) in [4.78, 5) is 17.1. The molecule has 1 heterocycles. The molecule has 0 aliphatic rings. The van der Waals surface area contributed by atoms with E-state index in [-0.39, 0.29) is 5.69 Å². The van der Waals surface area contributed by atoms with Gasteiger partial charge in [-0.2, -0.15) is 0 Å². The molecule has 0 saturated heterocycles. The van der Waals surface area contributed by atoms with Gasteiger partial charge in [0.1, 0.15) is 10.4 Å². The minimum absolute atomic E-state index is 0.0405. The zero-order valence-electron chi connectivity index (χ0n) is 12.6. The molecule has 2 rings (SSSR count). The van der Waals surface area contributed by atoms with E-state index < -0.39 is 4.92 Å². The molecule has 0 spiro atoms. The Morgan fingerprint density at radius 1 is 1.27 bits per heavy atom. The molecule has 0 radical (unpaired) electrons. The fourth-order valence-corrected chi connectivity index (χ4v) is 2.64. The number of halogens is 1. The zero-order valence-corrected chi connectivity index (χ0v) is 14.2. The van der Waals surface area contributed by atoms with E-state index in [4.69, 9.17) is 0 Å². The van der Waals surface area contributed by atoms with Gasteiger partial charge < -0.3 is 4.90 Å². The monoisotopic (exact) mass is 363 g/mol. The number of nitrogens with zero attached hydrogens (tertiary/aromatic N) is 3. The van der Waals surface area contributed by atoms with Gasteiger partial charge in [0.25, 0.3) is 5.69 Å². The molecule has 5 nitrogen and oxygen atoms in total. The molecule has 116 valence electrons. The first-order chi connectivity index (χ1) is 10.5. The van der Waals surface area contributed by atoms with Gasteiger partial charge in [-0.15, -0.1) is 0 Å². The number of anilines is 1. The number of nitro groups is 1. The number of hydrogen-bond acceptors (Lipinski definition) is 4. The van der Waals surface area contributed by atoms with Gasteiger partial charge in [-0.3, -0.25) is 10.1 Å². The van der Waals surface area contributed by atoms with Crippen molar-refractivity contribution in [2.45, 2.75) is 20.4 Å². The standard InChI is InChI=1S/C16H18BrN3O2/c1-12(2)10-19(11-13-6-4-3-5-7-13)16-9-14(20(21)22)8-15(17)18-16/h3-9,12H,10-11H2,1-2H3. The highest BCUT2D eigenvalue weighted by Crippen LogP contribution is 2.25. The molecule has 0 bridgehead atoms. The first-order valence-corrected chi connectivity index (χ1v) is 7.86. The van der Waals surface area contributed by atoms with Crippen LogP contribution in [0, 0.1) is 16.0 Å². The molecule has 0 unspecified atom stereocenters. The van der Waals surface area contributed by atoms with Crippen molar-refractivity contribution in [3.05, 3.63) is 62.7 Å². The second-order valence-corrected chi connectivity index (χ2v) is 6.34. The van der Waals surface area contributed by atoms with Crippen molar-refractivity contribution < 1.29 is 4.92 Å². The summed E-state index contributed by atoms with van der Waals surface area (Å²) >= 11 is 3.26. The van der Waals surface area contributed by atoms with E-state index in [9.17, 15) is 10.1 Å². The van der Waals surface area contributed by atoms with Crippen molar-refractivity contribution in [2.75, 3.05) is 11.4 Å². The smallest absolute Gasteiger partial charge is 0.275 e. The summed E-state index contributed by atoms with van der Waals surface area (Å²) in [6.07, 6.45) is 0. The molecular weight excluding hydrogens is 346 g/mol. The van der Waals surface area contributed by atoms with E-state index in [1.54, 1.807) is 0 Å². The van der Waals surface area contributed by atoms with Crippen LogP contribution in [0.4, 0.5) is 11.5 Å². The first-order valence-electron chi connectivity index (χ1n) is 7.06. The Morgan fingerprint density at radius 2 is 1.95 bits per heavy atom. The summed E-state index contributed by atoms with van der Waals surface area (Å²) in [5.41, 5.74) is 1.19. The normalized spacial score (nSPS) is 10.7. The van der Waals surface area contributed by atoms with E-state index in [1.165, 1.54) is 12.1 Å². The van der Waals surface area contributed by atoms with Gasteiger partial charge in [0.15, 0.2) is 0 Å². The summed E-state index contributed by atoms with van der Waals surface area (Å²) < 4.78 is 0.471. The van der Waals surface area contributed by atoms with Crippen LogP contribution >= 0.6 is 15.9 Å². The molecule has 0 amide bonds. The minimum atomic E-state index is -0.397. The lowest BCUT2D eigenvalue weighted by atomic mass is 10.1. The van der Waals surface area contributed by atoms with Crippen LogP contribution in [0.25, 0.3) is 0 Å². The Labute approximate surface area is 138 Å². The molecule has 1 aromatic carbocycles. The lowest BCUT2D eigenvalue weighted by Gasteiger charge is -2.25. The molecule has 22 heavy (non-hydrogen) atoms. The Balaban J connectivity index is 2.34. The SMILES string of the molecule is CC(C)CN(Cc1ccccc1)c1cc([N+](=O)[O-])cc(Br)n1. The predicted molar refractivity (Wildman–Crippen MR) is 90.9 cm³/mol. The first kappa shape index (κ1) is 16.4. The molecule has 0 aliphatic carbocycles. The predicted octanol–water partition coefficient (Wildman–Crippen LogP) is 4.41. The Morgan fingerprint density at radius 3 is 2.55 bits per heavy atom. The maximum Gasteiger partial charge on any atom is 0.275 e. The van der Waals surface area contributed by atoms with Crippen LogP contribution in [0.2, 0.25) is 0 Å². The van der Waals surface area contributed by atoms with Gasteiger partial charge in [-0.25, -0.2) is 4.98 Å². The molecule has 1 aromatic heterocycles.